The van der Waals surface area contributed by atoms with Gasteiger partial charge in [0, 0.05) is 18.0 Å². The number of thiocarbonyl (C=S) groups is 1. The van der Waals surface area contributed by atoms with Crippen LogP contribution in [-0.2, 0) is 9.59 Å². The molecule has 6 nitrogen and oxygen atoms in total. The van der Waals surface area contributed by atoms with Gasteiger partial charge < -0.3 is 10.4 Å². The van der Waals surface area contributed by atoms with Crippen LogP contribution in [0.3, 0.4) is 0 Å². The van der Waals surface area contributed by atoms with E-state index < -0.39 is 11.9 Å². The molecule has 1 heterocycles. The van der Waals surface area contributed by atoms with E-state index in [4.69, 9.17) is 23.8 Å². The highest BCUT2D eigenvalue weighted by atomic mass is 35.5. The molecule has 2 N–H and O–H groups in total. The molecule has 0 bridgehead atoms. The third-order valence-corrected chi connectivity index (χ3v) is 5.67. The van der Waals surface area contributed by atoms with Gasteiger partial charge in [-0.15, -0.1) is 0 Å². The Kier molecular flexibility index (Phi) is 6.68. The van der Waals surface area contributed by atoms with E-state index in [-0.39, 0.29) is 30.1 Å². The molecule has 1 aliphatic heterocycles. The van der Waals surface area contributed by atoms with E-state index in [9.17, 15) is 19.5 Å². The van der Waals surface area contributed by atoms with Gasteiger partial charge >= 0.3 is 5.97 Å². The topological polar surface area (TPSA) is 86.7 Å². The van der Waals surface area contributed by atoms with Crippen molar-refractivity contribution in [3.05, 3.63) is 69.6 Å². The van der Waals surface area contributed by atoms with Gasteiger partial charge in [-0.2, -0.15) is 0 Å². The average Bonchev–Trinajstić information content (AvgIpc) is 2.95. The summed E-state index contributed by atoms with van der Waals surface area (Å²) in [5.41, 5.74) is 1.02. The van der Waals surface area contributed by atoms with Crippen LogP contribution in [-0.4, -0.2) is 38.7 Å². The van der Waals surface area contributed by atoms with Crippen molar-refractivity contribution in [2.45, 2.75) is 6.42 Å². The van der Waals surface area contributed by atoms with Gasteiger partial charge in [-0.05, 0) is 35.9 Å². The lowest BCUT2D eigenvalue weighted by Crippen LogP contribution is -2.31. The van der Waals surface area contributed by atoms with E-state index in [1.54, 1.807) is 42.5 Å². The number of carbonyl (C=O) groups is 3. The maximum Gasteiger partial charge on any atom is 0.337 e. The van der Waals surface area contributed by atoms with Crippen molar-refractivity contribution in [3.8, 4) is 0 Å². The van der Waals surface area contributed by atoms with Crippen LogP contribution in [0.15, 0.2) is 53.4 Å². The van der Waals surface area contributed by atoms with E-state index in [0.29, 0.717) is 14.2 Å². The van der Waals surface area contributed by atoms with Crippen LogP contribution in [0.25, 0.3) is 6.08 Å². The molecule has 0 aromatic heterocycles. The van der Waals surface area contributed by atoms with E-state index in [1.165, 1.54) is 28.8 Å². The van der Waals surface area contributed by atoms with Gasteiger partial charge in [-0.3, -0.25) is 14.5 Å². The molecule has 3 rings (SSSR count). The first-order chi connectivity index (χ1) is 13.8. The summed E-state index contributed by atoms with van der Waals surface area (Å²) < 4.78 is 0.369. The normalized spacial score (nSPS) is 15.1. The number of rotatable bonds is 6. The van der Waals surface area contributed by atoms with Gasteiger partial charge in [0.05, 0.1) is 16.2 Å². The van der Waals surface area contributed by atoms with E-state index in [1.807, 2.05) is 0 Å². The van der Waals surface area contributed by atoms with Crippen molar-refractivity contribution in [3.63, 3.8) is 0 Å². The summed E-state index contributed by atoms with van der Waals surface area (Å²) in [4.78, 5) is 37.9. The molecule has 2 amide bonds. The molecule has 0 spiro atoms. The van der Waals surface area contributed by atoms with E-state index >= 15 is 0 Å². The second-order valence-electron chi connectivity index (χ2n) is 6.03. The average molecular weight is 447 g/mol. The quantitative estimate of drug-likeness (QED) is 0.509. The zero-order valence-electron chi connectivity index (χ0n) is 14.9. The lowest BCUT2D eigenvalue weighted by Gasteiger charge is -2.14. The number of benzene rings is 2. The Morgan fingerprint density at radius 2 is 1.86 bits per heavy atom. The predicted octanol–water partition coefficient (Wildman–Crippen LogP) is 4.27. The molecular weight excluding hydrogens is 432 g/mol. The van der Waals surface area contributed by atoms with Gasteiger partial charge in [0.15, 0.2) is 0 Å². The fourth-order valence-electron chi connectivity index (χ4n) is 2.61. The molecule has 0 aliphatic carbocycles. The molecule has 2 aromatic carbocycles. The molecule has 148 valence electrons. The van der Waals surface area contributed by atoms with Crippen LogP contribution in [0.2, 0.25) is 5.02 Å². The number of aromatic carboxylic acids is 1. The highest BCUT2D eigenvalue weighted by molar-refractivity contribution is 8.26. The number of nitrogens with one attached hydrogen (secondary N) is 1. The fourth-order valence-corrected chi connectivity index (χ4v) is 4.04. The van der Waals surface area contributed by atoms with Crippen LogP contribution in [0.5, 0.6) is 0 Å². The Morgan fingerprint density at radius 1 is 1.17 bits per heavy atom. The number of thioether (sulfide) groups is 1. The van der Waals surface area contributed by atoms with Gasteiger partial charge in [-0.1, -0.05) is 59.8 Å². The number of nitrogens with zero attached hydrogens (tertiary/aromatic N) is 1. The molecule has 1 aliphatic rings. The lowest BCUT2D eigenvalue weighted by molar-refractivity contribution is -0.122. The second kappa shape index (κ2) is 9.21. The number of hydrogen-bond acceptors (Lipinski definition) is 5. The summed E-state index contributed by atoms with van der Waals surface area (Å²) >= 11 is 12.3. The third kappa shape index (κ3) is 5.23. The van der Waals surface area contributed by atoms with Crippen molar-refractivity contribution in [1.82, 2.24) is 4.90 Å². The fraction of sp³-hybridized carbons (Fsp3) is 0.100. The minimum atomic E-state index is -1.13. The van der Waals surface area contributed by atoms with Crippen molar-refractivity contribution in [2.75, 3.05) is 11.9 Å². The number of carbonyl (C=O) groups excluding carboxylic acids is 2. The van der Waals surface area contributed by atoms with Crippen molar-refractivity contribution in [1.29, 1.82) is 0 Å². The van der Waals surface area contributed by atoms with Crippen LogP contribution < -0.4 is 5.32 Å². The zero-order valence-corrected chi connectivity index (χ0v) is 17.3. The Labute approximate surface area is 181 Å². The number of anilines is 1. The maximum atomic E-state index is 12.6. The summed E-state index contributed by atoms with van der Waals surface area (Å²) in [6, 6.07) is 13.2. The van der Waals surface area contributed by atoms with E-state index in [2.05, 4.69) is 5.32 Å². The minimum absolute atomic E-state index is 0.00245. The third-order valence-electron chi connectivity index (χ3n) is 4.04. The van der Waals surface area contributed by atoms with Crippen molar-refractivity contribution < 1.29 is 19.5 Å². The van der Waals surface area contributed by atoms with Gasteiger partial charge in [-0.25, -0.2) is 4.79 Å². The first-order valence-corrected chi connectivity index (χ1v) is 10.1. The van der Waals surface area contributed by atoms with Crippen LogP contribution in [0.4, 0.5) is 5.69 Å². The predicted molar refractivity (Wildman–Crippen MR) is 118 cm³/mol. The number of halogens is 1. The van der Waals surface area contributed by atoms with Crippen molar-refractivity contribution in [2.24, 2.45) is 0 Å². The van der Waals surface area contributed by atoms with Crippen molar-refractivity contribution >= 4 is 69.4 Å². The molecule has 9 heteroatoms. The summed E-state index contributed by atoms with van der Waals surface area (Å²) in [7, 11) is 0. The number of amides is 2. The summed E-state index contributed by atoms with van der Waals surface area (Å²) in [6.07, 6.45) is 1.70. The lowest BCUT2D eigenvalue weighted by atomic mass is 10.1. The van der Waals surface area contributed by atoms with Crippen LogP contribution in [0.1, 0.15) is 22.3 Å². The molecule has 0 atom stereocenters. The number of carboxylic acids is 1. The summed E-state index contributed by atoms with van der Waals surface area (Å²) in [6.45, 7) is 0.101. The van der Waals surface area contributed by atoms with Crippen LogP contribution >= 0.6 is 35.6 Å². The molecule has 2 aromatic rings. The SMILES string of the molecule is O=C(CCN1C(=O)/C(=C/c2ccc(Cl)cc2)SC1=S)Nc1ccccc1C(=O)O. The number of hydrogen-bond donors (Lipinski definition) is 2. The number of para-hydroxylation sites is 1. The van der Waals surface area contributed by atoms with Gasteiger partial charge in [0.25, 0.3) is 5.91 Å². The Balaban J connectivity index is 1.63. The number of carboxylic acid groups (broad SMARTS) is 1. The van der Waals surface area contributed by atoms with Gasteiger partial charge in [0.2, 0.25) is 5.91 Å². The van der Waals surface area contributed by atoms with Gasteiger partial charge in [0.1, 0.15) is 4.32 Å². The Bertz CT molecular complexity index is 1020. The Morgan fingerprint density at radius 3 is 2.55 bits per heavy atom. The highest BCUT2D eigenvalue weighted by Gasteiger charge is 2.32. The molecule has 1 saturated heterocycles. The molecular formula is C20H15ClN2O4S2. The maximum absolute atomic E-state index is 12.6. The smallest absolute Gasteiger partial charge is 0.337 e. The minimum Gasteiger partial charge on any atom is -0.478 e. The molecule has 1 fully saturated rings. The zero-order chi connectivity index (χ0) is 21.0. The van der Waals surface area contributed by atoms with E-state index in [0.717, 1.165) is 5.56 Å². The molecule has 29 heavy (non-hydrogen) atoms. The molecule has 0 saturated carbocycles. The largest absolute Gasteiger partial charge is 0.478 e. The highest BCUT2D eigenvalue weighted by Crippen LogP contribution is 2.32. The Hall–Kier alpha value is -2.68. The summed E-state index contributed by atoms with van der Waals surface area (Å²) in [5.74, 6) is -1.81. The molecule has 0 unspecified atom stereocenters. The standard InChI is InChI=1S/C20H15ClN2O4S2/c21-13-7-5-12(6-8-13)11-16-18(25)23(20(28)29-16)10-9-17(24)22-15-4-2-1-3-14(15)19(26)27/h1-8,11H,9-10H2,(H,22,24)(H,26,27)/b16-11-. The van der Waals surface area contributed by atoms with Crippen LogP contribution in [0, 0.1) is 0 Å². The second-order valence-corrected chi connectivity index (χ2v) is 8.15. The first-order valence-electron chi connectivity index (χ1n) is 8.48. The monoisotopic (exact) mass is 446 g/mol. The first kappa shape index (κ1) is 21.0. The summed E-state index contributed by atoms with van der Waals surface area (Å²) in [5, 5.41) is 12.3. The molecule has 0 radical (unpaired) electrons.